The number of carbonyl (C=O) groups excluding carboxylic acids is 1. The predicted octanol–water partition coefficient (Wildman–Crippen LogP) is 4.36. The SMILES string of the molecule is CCOC(=O)N1CCC(OC)(c2cccc(OCc3ccccc3)c2)C1C. The number of hydrogen-bond acceptors (Lipinski definition) is 4. The number of hydrogen-bond donors (Lipinski definition) is 0. The van der Waals surface area contributed by atoms with Gasteiger partial charge in [0.15, 0.2) is 0 Å². The number of rotatable bonds is 6. The molecule has 0 spiro atoms. The van der Waals surface area contributed by atoms with E-state index >= 15 is 0 Å². The monoisotopic (exact) mass is 369 g/mol. The van der Waals surface area contributed by atoms with Crippen LogP contribution in [0.15, 0.2) is 54.6 Å². The van der Waals surface area contributed by atoms with Gasteiger partial charge in [-0.1, -0.05) is 42.5 Å². The van der Waals surface area contributed by atoms with Crippen molar-refractivity contribution < 1.29 is 19.0 Å². The minimum absolute atomic E-state index is 0.133. The molecule has 1 aliphatic rings. The molecule has 2 aromatic rings. The van der Waals surface area contributed by atoms with Crippen molar-refractivity contribution in [1.29, 1.82) is 0 Å². The Bertz CT molecular complexity index is 764. The summed E-state index contributed by atoms with van der Waals surface area (Å²) in [6.45, 7) is 5.29. The molecule has 0 radical (unpaired) electrons. The van der Waals surface area contributed by atoms with Crippen LogP contribution in [-0.2, 0) is 21.7 Å². The fourth-order valence-corrected chi connectivity index (χ4v) is 3.76. The molecule has 0 aromatic heterocycles. The maximum atomic E-state index is 12.2. The molecule has 2 unspecified atom stereocenters. The highest BCUT2D eigenvalue weighted by atomic mass is 16.6. The number of likely N-dealkylation sites (tertiary alicyclic amines) is 1. The van der Waals surface area contributed by atoms with Crippen LogP contribution >= 0.6 is 0 Å². The van der Waals surface area contributed by atoms with Gasteiger partial charge in [-0.2, -0.15) is 0 Å². The molecule has 27 heavy (non-hydrogen) atoms. The van der Waals surface area contributed by atoms with Gasteiger partial charge in [0.25, 0.3) is 0 Å². The summed E-state index contributed by atoms with van der Waals surface area (Å²) < 4.78 is 17.1. The summed E-state index contributed by atoms with van der Waals surface area (Å²) in [5, 5.41) is 0. The first-order valence-electron chi connectivity index (χ1n) is 9.36. The van der Waals surface area contributed by atoms with Gasteiger partial charge in [0.05, 0.1) is 12.6 Å². The first-order valence-corrected chi connectivity index (χ1v) is 9.36. The van der Waals surface area contributed by atoms with Gasteiger partial charge < -0.3 is 19.1 Å². The summed E-state index contributed by atoms with van der Waals surface area (Å²) in [6, 6.07) is 17.9. The van der Waals surface area contributed by atoms with Gasteiger partial charge in [-0.25, -0.2) is 4.79 Å². The molecule has 5 heteroatoms. The van der Waals surface area contributed by atoms with Crippen LogP contribution in [-0.4, -0.2) is 37.3 Å². The molecule has 3 rings (SSSR count). The lowest BCUT2D eigenvalue weighted by Crippen LogP contribution is -2.44. The molecule has 5 nitrogen and oxygen atoms in total. The highest BCUT2D eigenvalue weighted by Gasteiger charge is 2.49. The van der Waals surface area contributed by atoms with Crippen LogP contribution in [0.3, 0.4) is 0 Å². The minimum atomic E-state index is -0.571. The van der Waals surface area contributed by atoms with E-state index in [9.17, 15) is 4.79 Å². The number of amides is 1. The molecular weight excluding hydrogens is 342 g/mol. The Kier molecular flexibility index (Phi) is 6.01. The molecule has 0 bridgehead atoms. The number of benzene rings is 2. The topological polar surface area (TPSA) is 48.0 Å². The Labute approximate surface area is 160 Å². The number of ether oxygens (including phenoxy) is 3. The molecule has 1 heterocycles. The normalized spacial score (nSPS) is 21.9. The molecule has 0 N–H and O–H groups in total. The third-order valence-corrected chi connectivity index (χ3v) is 5.30. The second kappa shape index (κ2) is 8.44. The van der Waals surface area contributed by atoms with Crippen LogP contribution in [0.4, 0.5) is 4.79 Å². The largest absolute Gasteiger partial charge is 0.489 e. The Hall–Kier alpha value is -2.53. The number of carbonyl (C=O) groups is 1. The molecule has 1 fully saturated rings. The van der Waals surface area contributed by atoms with Crippen LogP contribution in [0.5, 0.6) is 5.75 Å². The summed E-state index contributed by atoms with van der Waals surface area (Å²) in [5.41, 5.74) is 1.56. The Morgan fingerprint density at radius 1 is 1.19 bits per heavy atom. The van der Waals surface area contributed by atoms with Crippen molar-refractivity contribution in [3.8, 4) is 5.75 Å². The van der Waals surface area contributed by atoms with Crippen molar-refractivity contribution in [1.82, 2.24) is 4.90 Å². The zero-order valence-electron chi connectivity index (χ0n) is 16.2. The third kappa shape index (κ3) is 3.93. The van der Waals surface area contributed by atoms with Gasteiger partial charge in [-0.3, -0.25) is 0 Å². The number of nitrogens with zero attached hydrogens (tertiary/aromatic N) is 1. The average molecular weight is 369 g/mol. The maximum Gasteiger partial charge on any atom is 0.410 e. The Morgan fingerprint density at radius 3 is 2.67 bits per heavy atom. The Balaban J connectivity index is 1.78. The van der Waals surface area contributed by atoms with Gasteiger partial charge in [-0.05, 0) is 37.1 Å². The lowest BCUT2D eigenvalue weighted by molar-refractivity contribution is -0.0365. The van der Waals surface area contributed by atoms with E-state index < -0.39 is 5.60 Å². The molecule has 144 valence electrons. The van der Waals surface area contributed by atoms with Gasteiger partial charge in [-0.15, -0.1) is 0 Å². The van der Waals surface area contributed by atoms with Crippen LogP contribution in [0.2, 0.25) is 0 Å². The van der Waals surface area contributed by atoms with Crippen molar-refractivity contribution in [2.45, 2.75) is 38.5 Å². The standard InChI is InChI=1S/C22H27NO4/c1-4-26-21(24)23-14-13-22(25-3,17(23)2)19-11-8-12-20(15-19)27-16-18-9-6-5-7-10-18/h5-12,15,17H,4,13-14,16H2,1-3H3. The molecule has 1 amide bonds. The predicted molar refractivity (Wildman–Crippen MR) is 104 cm³/mol. The zero-order valence-corrected chi connectivity index (χ0v) is 16.2. The molecule has 0 saturated carbocycles. The smallest absolute Gasteiger partial charge is 0.410 e. The van der Waals surface area contributed by atoms with Crippen LogP contribution in [0, 0.1) is 0 Å². The molecule has 2 atom stereocenters. The van der Waals surface area contributed by atoms with Gasteiger partial charge >= 0.3 is 6.09 Å². The van der Waals surface area contributed by atoms with Crippen molar-refractivity contribution in [3.05, 3.63) is 65.7 Å². The second-order valence-electron chi connectivity index (χ2n) is 6.71. The van der Waals surface area contributed by atoms with E-state index in [1.54, 1.807) is 12.0 Å². The van der Waals surface area contributed by atoms with Crippen molar-refractivity contribution in [3.63, 3.8) is 0 Å². The summed E-state index contributed by atoms with van der Waals surface area (Å²) in [7, 11) is 1.70. The third-order valence-electron chi connectivity index (χ3n) is 5.30. The van der Waals surface area contributed by atoms with Crippen LogP contribution in [0.1, 0.15) is 31.4 Å². The molecule has 1 aliphatic heterocycles. The summed E-state index contributed by atoms with van der Waals surface area (Å²) in [6.07, 6.45) is 0.423. The molecule has 2 aromatic carbocycles. The zero-order chi connectivity index (χ0) is 19.3. The fraction of sp³-hybridized carbons (Fsp3) is 0.409. The molecule has 1 saturated heterocycles. The first kappa shape index (κ1) is 19.2. The van der Waals surface area contributed by atoms with Crippen molar-refractivity contribution in [2.75, 3.05) is 20.3 Å². The van der Waals surface area contributed by atoms with Gasteiger partial charge in [0.1, 0.15) is 18.0 Å². The van der Waals surface area contributed by atoms with Gasteiger partial charge in [0, 0.05) is 20.1 Å². The molecule has 0 aliphatic carbocycles. The van der Waals surface area contributed by atoms with E-state index in [1.807, 2.05) is 68.4 Å². The highest BCUT2D eigenvalue weighted by molar-refractivity contribution is 5.69. The van der Waals surface area contributed by atoms with Crippen LogP contribution in [0.25, 0.3) is 0 Å². The lowest BCUT2D eigenvalue weighted by Gasteiger charge is -2.35. The Morgan fingerprint density at radius 2 is 1.96 bits per heavy atom. The highest BCUT2D eigenvalue weighted by Crippen LogP contribution is 2.42. The fourth-order valence-electron chi connectivity index (χ4n) is 3.76. The average Bonchev–Trinajstić information content (AvgIpc) is 3.05. The van der Waals surface area contributed by atoms with Crippen molar-refractivity contribution in [2.24, 2.45) is 0 Å². The van der Waals surface area contributed by atoms with Gasteiger partial charge in [0.2, 0.25) is 0 Å². The van der Waals surface area contributed by atoms with E-state index in [4.69, 9.17) is 14.2 Å². The van der Waals surface area contributed by atoms with E-state index in [0.717, 1.165) is 16.9 Å². The van der Waals surface area contributed by atoms with E-state index in [-0.39, 0.29) is 12.1 Å². The summed E-state index contributed by atoms with van der Waals surface area (Å²) in [5.74, 6) is 0.787. The van der Waals surface area contributed by atoms with E-state index in [0.29, 0.717) is 26.2 Å². The summed E-state index contributed by atoms with van der Waals surface area (Å²) in [4.78, 5) is 14.0. The second-order valence-corrected chi connectivity index (χ2v) is 6.71. The molecular formula is C22H27NO4. The van der Waals surface area contributed by atoms with Crippen LogP contribution < -0.4 is 4.74 Å². The quantitative estimate of drug-likeness (QED) is 0.759. The van der Waals surface area contributed by atoms with Crippen molar-refractivity contribution >= 4 is 6.09 Å². The van der Waals surface area contributed by atoms with E-state index in [2.05, 4.69) is 0 Å². The first-order chi connectivity index (χ1) is 13.1. The maximum absolute atomic E-state index is 12.2. The minimum Gasteiger partial charge on any atom is -0.489 e. The number of methoxy groups -OCH3 is 1. The summed E-state index contributed by atoms with van der Waals surface area (Å²) >= 11 is 0. The van der Waals surface area contributed by atoms with E-state index in [1.165, 1.54) is 0 Å². The lowest BCUT2D eigenvalue weighted by atomic mass is 9.87.